The van der Waals surface area contributed by atoms with Gasteiger partial charge < -0.3 is 16.0 Å². The van der Waals surface area contributed by atoms with E-state index in [4.69, 9.17) is 11.0 Å². The zero-order valence-electron chi connectivity index (χ0n) is 9.39. The average Bonchev–Trinajstić information content (AvgIpc) is 2.76. The van der Waals surface area contributed by atoms with Crippen LogP contribution >= 0.6 is 0 Å². The lowest BCUT2D eigenvalue weighted by Crippen LogP contribution is -2.35. The zero-order chi connectivity index (χ0) is 12.3. The van der Waals surface area contributed by atoms with Crippen molar-refractivity contribution in [3.63, 3.8) is 0 Å². The van der Waals surface area contributed by atoms with Gasteiger partial charge in [0.1, 0.15) is 0 Å². The van der Waals surface area contributed by atoms with Crippen LogP contribution in [0.3, 0.4) is 0 Å². The molecule has 1 aromatic rings. The third-order valence-electron chi connectivity index (χ3n) is 2.75. The number of amides is 2. The summed E-state index contributed by atoms with van der Waals surface area (Å²) in [5.41, 5.74) is 6.90. The van der Waals surface area contributed by atoms with Crippen molar-refractivity contribution in [3.8, 4) is 6.07 Å². The second-order valence-electron chi connectivity index (χ2n) is 4.12. The Morgan fingerprint density at radius 1 is 1.59 bits per heavy atom. The molecule has 1 unspecified atom stereocenters. The van der Waals surface area contributed by atoms with Crippen LogP contribution in [0.1, 0.15) is 12.0 Å². The van der Waals surface area contributed by atoms with Gasteiger partial charge >= 0.3 is 6.03 Å². The highest BCUT2D eigenvalue weighted by molar-refractivity contribution is 5.89. The van der Waals surface area contributed by atoms with E-state index in [-0.39, 0.29) is 12.1 Å². The molecule has 3 N–H and O–H groups in total. The number of nitrogens with zero attached hydrogens (tertiary/aromatic N) is 2. The fourth-order valence-corrected chi connectivity index (χ4v) is 1.84. The molecular weight excluding hydrogens is 216 g/mol. The second-order valence-corrected chi connectivity index (χ2v) is 4.12. The van der Waals surface area contributed by atoms with Crippen molar-refractivity contribution in [1.82, 2.24) is 4.90 Å². The van der Waals surface area contributed by atoms with E-state index in [1.165, 1.54) is 0 Å². The Bertz CT molecular complexity index is 466. The summed E-state index contributed by atoms with van der Waals surface area (Å²) in [6.07, 6.45) is 0.839. The molecule has 17 heavy (non-hydrogen) atoms. The molecule has 2 amide bonds. The zero-order valence-corrected chi connectivity index (χ0v) is 9.39. The predicted octanol–water partition coefficient (Wildman–Crippen LogP) is 1.12. The summed E-state index contributed by atoms with van der Waals surface area (Å²) < 4.78 is 0. The molecule has 1 aromatic carbocycles. The molecule has 1 saturated heterocycles. The highest BCUT2D eigenvalue weighted by atomic mass is 16.2. The van der Waals surface area contributed by atoms with Gasteiger partial charge in [0.05, 0.1) is 11.6 Å². The minimum absolute atomic E-state index is 0.0752. The summed E-state index contributed by atoms with van der Waals surface area (Å²) in [5, 5.41) is 11.5. The van der Waals surface area contributed by atoms with E-state index in [0.717, 1.165) is 6.42 Å². The van der Waals surface area contributed by atoms with Crippen LogP contribution < -0.4 is 11.1 Å². The minimum Gasteiger partial charge on any atom is -0.326 e. The maximum Gasteiger partial charge on any atom is 0.321 e. The Kier molecular flexibility index (Phi) is 3.26. The molecule has 0 saturated carbocycles. The molecule has 1 aliphatic rings. The van der Waals surface area contributed by atoms with Crippen LogP contribution in [0, 0.1) is 11.3 Å². The number of carbonyl (C=O) groups is 1. The van der Waals surface area contributed by atoms with Gasteiger partial charge in [0.25, 0.3) is 0 Å². The summed E-state index contributed by atoms with van der Waals surface area (Å²) in [4.78, 5) is 13.5. The molecule has 5 heteroatoms. The Morgan fingerprint density at radius 2 is 2.41 bits per heavy atom. The molecule has 88 valence electrons. The molecular formula is C12H14N4O. The van der Waals surface area contributed by atoms with E-state index in [0.29, 0.717) is 24.3 Å². The lowest BCUT2D eigenvalue weighted by molar-refractivity contribution is 0.222. The van der Waals surface area contributed by atoms with Crippen LogP contribution in [0.15, 0.2) is 24.3 Å². The van der Waals surface area contributed by atoms with Gasteiger partial charge in [0.2, 0.25) is 0 Å². The topological polar surface area (TPSA) is 82.2 Å². The lowest BCUT2D eigenvalue weighted by Gasteiger charge is -2.16. The van der Waals surface area contributed by atoms with E-state index in [9.17, 15) is 4.79 Å². The van der Waals surface area contributed by atoms with Crippen LogP contribution in [-0.4, -0.2) is 30.1 Å². The number of nitriles is 1. The number of nitrogens with one attached hydrogen (secondary N) is 1. The van der Waals surface area contributed by atoms with E-state index >= 15 is 0 Å². The van der Waals surface area contributed by atoms with Crippen molar-refractivity contribution in [3.05, 3.63) is 29.8 Å². The van der Waals surface area contributed by atoms with E-state index < -0.39 is 0 Å². The van der Waals surface area contributed by atoms with Crippen LogP contribution in [0.2, 0.25) is 0 Å². The van der Waals surface area contributed by atoms with Gasteiger partial charge in [-0.2, -0.15) is 5.26 Å². The average molecular weight is 230 g/mol. The number of hydrogen-bond acceptors (Lipinski definition) is 3. The van der Waals surface area contributed by atoms with Gasteiger partial charge in [0, 0.05) is 24.8 Å². The standard InChI is InChI=1S/C12H14N4O/c13-7-9-2-1-3-11(6-9)15-12(17)16-5-4-10(14)8-16/h1-3,6,10H,4-5,8,14H2,(H,15,17). The number of likely N-dealkylation sites (tertiary alicyclic amines) is 1. The first-order valence-electron chi connectivity index (χ1n) is 5.50. The summed E-state index contributed by atoms with van der Waals surface area (Å²) in [6.45, 7) is 1.27. The Labute approximate surface area is 99.8 Å². The summed E-state index contributed by atoms with van der Waals surface area (Å²) in [6, 6.07) is 8.79. The third-order valence-corrected chi connectivity index (χ3v) is 2.75. The summed E-state index contributed by atoms with van der Waals surface area (Å²) in [5.74, 6) is 0. The molecule has 5 nitrogen and oxygen atoms in total. The molecule has 1 atom stereocenters. The third kappa shape index (κ3) is 2.74. The highest BCUT2D eigenvalue weighted by Crippen LogP contribution is 2.13. The van der Waals surface area contributed by atoms with Gasteiger partial charge in [0.15, 0.2) is 0 Å². The Hall–Kier alpha value is -2.06. The molecule has 0 bridgehead atoms. The lowest BCUT2D eigenvalue weighted by atomic mass is 10.2. The fourth-order valence-electron chi connectivity index (χ4n) is 1.84. The van der Waals surface area contributed by atoms with E-state index in [2.05, 4.69) is 5.32 Å². The molecule has 0 aliphatic carbocycles. The monoisotopic (exact) mass is 230 g/mol. The minimum atomic E-state index is -0.159. The quantitative estimate of drug-likeness (QED) is 0.758. The van der Waals surface area contributed by atoms with Crippen molar-refractivity contribution >= 4 is 11.7 Å². The van der Waals surface area contributed by atoms with Gasteiger partial charge in [-0.25, -0.2) is 4.79 Å². The molecule has 0 aromatic heterocycles. The number of hydrogen-bond donors (Lipinski definition) is 2. The van der Waals surface area contributed by atoms with Gasteiger partial charge in [-0.05, 0) is 24.6 Å². The first-order valence-corrected chi connectivity index (χ1v) is 5.50. The first-order chi connectivity index (χ1) is 8.19. The number of rotatable bonds is 1. The maximum absolute atomic E-state index is 11.8. The van der Waals surface area contributed by atoms with Crippen molar-refractivity contribution in [2.45, 2.75) is 12.5 Å². The maximum atomic E-state index is 11.8. The number of carbonyl (C=O) groups excluding carboxylic acids is 1. The van der Waals surface area contributed by atoms with Crippen molar-refractivity contribution < 1.29 is 4.79 Å². The molecule has 0 radical (unpaired) electrons. The molecule has 0 spiro atoms. The highest BCUT2D eigenvalue weighted by Gasteiger charge is 2.23. The van der Waals surface area contributed by atoms with Crippen LogP contribution in [0.5, 0.6) is 0 Å². The molecule has 2 rings (SSSR count). The Balaban J connectivity index is 2.01. The fraction of sp³-hybridized carbons (Fsp3) is 0.333. The van der Waals surface area contributed by atoms with Crippen molar-refractivity contribution in [2.75, 3.05) is 18.4 Å². The second kappa shape index (κ2) is 4.85. The molecule has 1 fully saturated rings. The van der Waals surface area contributed by atoms with Crippen LogP contribution in [0.25, 0.3) is 0 Å². The van der Waals surface area contributed by atoms with Crippen molar-refractivity contribution in [2.24, 2.45) is 5.73 Å². The van der Waals surface area contributed by atoms with E-state index in [1.54, 1.807) is 29.2 Å². The van der Waals surface area contributed by atoms with Gasteiger partial charge in [-0.3, -0.25) is 0 Å². The largest absolute Gasteiger partial charge is 0.326 e. The van der Waals surface area contributed by atoms with Crippen LogP contribution in [-0.2, 0) is 0 Å². The summed E-state index contributed by atoms with van der Waals surface area (Å²) >= 11 is 0. The normalized spacial score (nSPS) is 18.8. The van der Waals surface area contributed by atoms with E-state index in [1.807, 2.05) is 6.07 Å². The van der Waals surface area contributed by atoms with Gasteiger partial charge in [-0.15, -0.1) is 0 Å². The predicted molar refractivity (Wildman–Crippen MR) is 64.3 cm³/mol. The Morgan fingerprint density at radius 3 is 3.06 bits per heavy atom. The molecule has 1 aliphatic heterocycles. The molecule has 1 heterocycles. The van der Waals surface area contributed by atoms with Crippen LogP contribution in [0.4, 0.5) is 10.5 Å². The number of nitrogens with two attached hydrogens (primary N) is 1. The first kappa shape index (κ1) is 11.4. The SMILES string of the molecule is N#Cc1cccc(NC(=O)N2CCC(N)C2)c1. The number of urea groups is 1. The summed E-state index contributed by atoms with van der Waals surface area (Å²) in [7, 11) is 0. The smallest absolute Gasteiger partial charge is 0.321 e. The number of benzene rings is 1. The number of anilines is 1. The van der Waals surface area contributed by atoms with Crippen molar-refractivity contribution in [1.29, 1.82) is 5.26 Å². The van der Waals surface area contributed by atoms with Gasteiger partial charge in [-0.1, -0.05) is 6.07 Å².